The predicted octanol–water partition coefficient (Wildman–Crippen LogP) is 1.22. The second-order valence-corrected chi connectivity index (χ2v) is 4.37. The van der Waals surface area contributed by atoms with Crippen molar-refractivity contribution in [1.82, 2.24) is 5.32 Å². The van der Waals surface area contributed by atoms with E-state index in [0.29, 0.717) is 18.6 Å². The van der Waals surface area contributed by atoms with Crippen molar-refractivity contribution in [3.05, 3.63) is 0 Å². The molecule has 0 spiro atoms. The van der Waals surface area contributed by atoms with Gasteiger partial charge in [-0.1, -0.05) is 13.8 Å². The molecule has 0 aliphatic rings. The summed E-state index contributed by atoms with van der Waals surface area (Å²) in [6.07, 6.45) is 1.27. The van der Waals surface area contributed by atoms with E-state index >= 15 is 0 Å². The minimum atomic E-state index is -1.07. The third kappa shape index (κ3) is 3.59. The standard InChI is InChI=1S/C10H19NO3S2/c1-3-10(4-2,6-16)9(14)11-7(5-15)8(12)13/h7,15-16H,3-6H2,1-2H3,(H,11,14)(H,12,13)/t7-/m0/s1. The molecular weight excluding hydrogens is 246 g/mol. The van der Waals surface area contributed by atoms with Gasteiger partial charge in [0.25, 0.3) is 0 Å². The second kappa shape index (κ2) is 7.06. The van der Waals surface area contributed by atoms with Crippen LogP contribution in [-0.2, 0) is 9.59 Å². The first-order valence-corrected chi connectivity index (χ1v) is 6.49. The van der Waals surface area contributed by atoms with Crippen LogP contribution in [0.3, 0.4) is 0 Å². The van der Waals surface area contributed by atoms with E-state index in [2.05, 4.69) is 30.6 Å². The number of carbonyl (C=O) groups excluding carboxylic acids is 1. The largest absolute Gasteiger partial charge is 0.480 e. The third-order valence-corrected chi connectivity index (χ3v) is 3.89. The first kappa shape index (κ1) is 15.6. The number of carboxylic acids is 1. The van der Waals surface area contributed by atoms with E-state index in [0.717, 1.165) is 0 Å². The Morgan fingerprint density at radius 2 is 1.81 bits per heavy atom. The Morgan fingerprint density at radius 1 is 1.31 bits per heavy atom. The van der Waals surface area contributed by atoms with Gasteiger partial charge < -0.3 is 10.4 Å². The van der Waals surface area contributed by atoms with Crippen LogP contribution >= 0.6 is 25.3 Å². The molecule has 6 heteroatoms. The molecule has 1 atom stereocenters. The van der Waals surface area contributed by atoms with Crippen molar-refractivity contribution in [2.75, 3.05) is 11.5 Å². The Kier molecular flexibility index (Phi) is 6.90. The van der Waals surface area contributed by atoms with Crippen LogP contribution in [-0.4, -0.2) is 34.5 Å². The highest BCUT2D eigenvalue weighted by Gasteiger charge is 2.35. The van der Waals surface area contributed by atoms with Crippen molar-refractivity contribution in [2.45, 2.75) is 32.7 Å². The average molecular weight is 265 g/mol. The third-order valence-electron chi connectivity index (χ3n) is 2.92. The molecule has 0 fully saturated rings. The molecule has 94 valence electrons. The quantitative estimate of drug-likeness (QED) is 0.523. The molecule has 0 aliphatic heterocycles. The van der Waals surface area contributed by atoms with Crippen molar-refractivity contribution in [1.29, 1.82) is 0 Å². The van der Waals surface area contributed by atoms with Gasteiger partial charge in [-0.25, -0.2) is 4.79 Å². The Bertz CT molecular complexity index is 246. The average Bonchev–Trinajstić information content (AvgIpc) is 2.28. The summed E-state index contributed by atoms with van der Waals surface area (Å²) in [6.45, 7) is 3.80. The summed E-state index contributed by atoms with van der Waals surface area (Å²) in [4.78, 5) is 22.8. The number of nitrogens with one attached hydrogen (secondary N) is 1. The molecule has 0 aliphatic carbocycles. The number of amides is 1. The van der Waals surface area contributed by atoms with Gasteiger partial charge in [-0.3, -0.25) is 4.79 Å². The number of carboxylic acid groups (broad SMARTS) is 1. The number of hydrogen-bond donors (Lipinski definition) is 4. The zero-order valence-electron chi connectivity index (χ0n) is 9.56. The number of thiol groups is 2. The summed E-state index contributed by atoms with van der Waals surface area (Å²) >= 11 is 8.08. The molecule has 0 unspecified atom stereocenters. The molecule has 0 saturated carbocycles. The Labute approximate surface area is 107 Å². The summed E-state index contributed by atoms with van der Waals surface area (Å²) in [5.74, 6) is -0.834. The van der Waals surface area contributed by atoms with Gasteiger partial charge in [0, 0.05) is 11.5 Å². The molecule has 0 heterocycles. The van der Waals surface area contributed by atoms with E-state index in [1.165, 1.54) is 0 Å². The minimum absolute atomic E-state index is 0.0805. The van der Waals surface area contributed by atoms with Crippen LogP contribution in [0.25, 0.3) is 0 Å². The SMILES string of the molecule is CCC(CC)(CS)C(=O)N[C@@H](CS)C(=O)O. The van der Waals surface area contributed by atoms with Gasteiger partial charge in [0.15, 0.2) is 0 Å². The van der Waals surface area contributed by atoms with Crippen molar-refractivity contribution in [3.63, 3.8) is 0 Å². The monoisotopic (exact) mass is 265 g/mol. The molecule has 0 aromatic heterocycles. The summed E-state index contributed by atoms with van der Waals surface area (Å²) in [5, 5.41) is 11.3. The molecule has 16 heavy (non-hydrogen) atoms. The highest BCUT2D eigenvalue weighted by molar-refractivity contribution is 7.80. The number of hydrogen-bond acceptors (Lipinski definition) is 4. The molecule has 0 aromatic carbocycles. The maximum Gasteiger partial charge on any atom is 0.327 e. The maximum absolute atomic E-state index is 12.0. The fraction of sp³-hybridized carbons (Fsp3) is 0.800. The van der Waals surface area contributed by atoms with E-state index in [4.69, 9.17) is 5.11 Å². The molecule has 4 nitrogen and oxygen atoms in total. The van der Waals surface area contributed by atoms with Gasteiger partial charge in [0.2, 0.25) is 5.91 Å². The van der Waals surface area contributed by atoms with E-state index < -0.39 is 17.4 Å². The molecule has 1 amide bonds. The lowest BCUT2D eigenvalue weighted by Crippen LogP contribution is -2.49. The maximum atomic E-state index is 12.0. The van der Waals surface area contributed by atoms with Crippen LogP contribution in [0.1, 0.15) is 26.7 Å². The first-order valence-electron chi connectivity index (χ1n) is 5.22. The van der Waals surface area contributed by atoms with Crippen LogP contribution < -0.4 is 5.32 Å². The fourth-order valence-electron chi connectivity index (χ4n) is 1.36. The molecule has 0 saturated heterocycles. The lowest BCUT2D eigenvalue weighted by Gasteiger charge is -2.29. The van der Waals surface area contributed by atoms with Gasteiger partial charge in [-0.2, -0.15) is 25.3 Å². The van der Waals surface area contributed by atoms with Gasteiger partial charge in [0.1, 0.15) is 6.04 Å². The Morgan fingerprint density at radius 3 is 2.06 bits per heavy atom. The van der Waals surface area contributed by atoms with E-state index in [9.17, 15) is 9.59 Å². The lowest BCUT2D eigenvalue weighted by atomic mass is 9.83. The van der Waals surface area contributed by atoms with E-state index in [1.807, 2.05) is 13.8 Å². The highest BCUT2D eigenvalue weighted by atomic mass is 32.1. The van der Waals surface area contributed by atoms with Crippen LogP contribution in [0.5, 0.6) is 0 Å². The first-order chi connectivity index (χ1) is 7.47. The number of carbonyl (C=O) groups is 2. The van der Waals surface area contributed by atoms with Crippen LogP contribution in [0.15, 0.2) is 0 Å². The molecular formula is C10H19NO3S2. The minimum Gasteiger partial charge on any atom is -0.480 e. The van der Waals surface area contributed by atoms with Gasteiger partial charge >= 0.3 is 5.97 Å². The highest BCUT2D eigenvalue weighted by Crippen LogP contribution is 2.28. The summed E-state index contributed by atoms with van der Waals surface area (Å²) < 4.78 is 0. The van der Waals surface area contributed by atoms with E-state index in [-0.39, 0.29) is 11.7 Å². The number of rotatable bonds is 7. The zero-order valence-corrected chi connectivity index (χ0v) is 11.4. The molecule has 2 N–H and O–H groups in total. The van der Waals surface area contributed by atoms with Gasteiger partial charge in [0.05, 0.1) is 5.41 Å². The van der Waals surface area contributed by atoms with Crippen LogP contribution in [0.2, 0.25) is 0 Å². The lowest BCUT2D eigenvalue weighted by molar-refractivity contribution is -0.143. The molecule has 0 radical (unpaired) electrons. The second-order valence-electron chi connectivity index (χ2n) is 3.69. The van der Waals surface area contributed by atoms with Crippen molar-refractivity contribution in [2.24, 2.45) is 5.41 Å². The van der Waals surface area contributed by atoms with Crippen molar-refractivity contribution >= 4 is 37.1 Å². The Balaban J connectivity index is 4.70. The number of aliphatic carboxylic acids is 1. The van der Waals surface area contributed by atoms with Gasteiger partial charge in [-0.15, -0.1) is 0 Å². The predicted molar refractivity (Wildman–Crippen MR) is 70.3 cm³/mol. The zero-order chi connectivity index (χ0) is 12.8. The van der Waals surface area contributed by atoms with Gasteiger partial charge in [-0.05, 0) is 12.8 Å². The summed E-state index contributed by atoms with van der Waals surface area (Å²) in [7, 11) is 0. The summed E-state index contributed by atoms with van der Waals surface area (Å²) in [5.41, 5.74) is -0.584. The molecule has 0 bridgehead atoms. The van der Waals surface area contributed by atoms with Crippen LogP contribution in [0, 0.1) is 5.41 Å². The summed E-state index contributed by atoms with van der Waals surface area (Å²) in [6, 6.07) is -0.937. The normalized spacial score (nSPS) is 13.2. The smallest absolute Gasteiger partial charge is 0.327 e. The molecule has 0 aromatic rings. The Hall–Kier alpha value is -0.360. The fourth-order valence-corrected chi connectivity index (χ4v) is 2.20. The molecule has 0 rings (SSSR count). The van der Waals surface area contributed by atoms with Crippen molar-refractivity contribution < 1.29 is 14.7 Å². The van der Waals surface area contributed by atoms with Crippen molar-refractivity contribution in [3.8, 4) is 0 Å². The van der Waals surface area contributed by atoms with Crippen LogP contribution in [0.4, 0.5) is 0 Å². The van der Waals surface area contributed by atoms with E-state index in [1.54, 1.807) is 0 Å². The topological polar surface area (TPSA) is 66.4 Å².